The van der Waals surface area contributed by atoms with Gasteiger partial charge in [-0.2, -0.15) is 10.2 Å². The van der Waals surface area contributed by atoms with E-state index in [1.807, 2.05) is 6.07 Å². The maximum atomic E-state index is 12.2. The molecule has 24 heavy (non-hydrogen) atoms. The molecule has 1 N–H and O–H groups in total. The van der Waals surface area contributed by atoms with Crippen LogP contribution in [0.25, 0.3) is 0 Å². The maximum absolute atomic E-state index is 12.2. The van der Waals surface area contributed by atoms with Crippen LogP contribution in [0, 0.1) is 12.3 Å². The molecule has 5 nitrogen and oxygen atoms in total. The number of carbonyl (C=O) groups excluding carboxylic acids is 1. The highest BCUT2D eigenvalue weighted by Gasteiger charge is 2.39. The van der Waals surface area contributed by atoms with Crippen LogP contribution in [0.4, 0.5) is 0 Å². The van der Waals surface area contributed by atoms with E-state index in [-0.39, 0.29) is 17.6 Å². The predicted molar refractivity (Wildman–Crippen MR) is 91.8 cm³/mol. The third-order valence-electron chi connectivity index (χ3n) is 4.81. The molecule has 0 aromatic heterocycles. The molecule has 1 heterocycles. The van der Waals surface area contributed by atoms with Crippen molar-refractivity contribution in [1.29, 1.82) is 0 Å². The molecule has 0 spiro atoms. The Kier molecular flexibility index (Phi) is 4.84. The normalized spacial score (nSPS) is 19.9. The van der Waals surface area contributed by atoms with Crippen LogP contribution in [0.1, 0.15) is 43.2 Å². The summed E-state index contributed by atoms with van der Waals surface area (Å²) < 4.78 is 5.27. The Balaban J connectivity index is 1.47. The molecular formula is C19H23N3O2. The van der Waals surface area contributed by atoms with Crippen molar-refractivity contribution >= 4 is 5.91 Å². The van der Waals surface area contributed by atoms with Crippen molar-refractivity contribution < 1.29 is 9.53 Å². The van der Waals surface area contributed by atoms with Gasteiger partial charge in [-0.25, -0.2) is 0 Å². The number of amides is 1. The molecule has 1 aromatic rings. The summed E-state index contributed by atoms with van der Waals surface area (Å²) in [6.45, 7) is 0. The third kappa shape index (κ3) is 3.94. The van der Waals surface area contributed by atoms with Crippen molar-refractivity contribution in [2.24, 2.45) is 10.2 Å². The van der Waals surface area contributed by atoms with Gasteiger partial charge >= 0.3 is 0 Å². The summed E-state index contributed by atoms with van der Waals surface area (Å²) in [6.07, 6.45) is 10.6. The number of carbonyl (C=O) groups is 1. The second-order valence-electron chi connectivity index (χ2n) is 6.53. The number of fused-ring (bicyclic) bond motifs is 1. The highest BCUT2D eigenvalue weighted by Crippen LogP contribution is 2.37. The Hall–Kier alpha value is -2.35. The van der Waals surface area contributed by atoms with Crippen molar-refractivity contribution in [1.82, 2.24) is 5.32 Å². The first kappa shape index (κ1) is 16.5. The summed E-state index contributed by atoms with van der Waals surface area (Å²) in [7, 11) is 1.68. The molecule has 0 fully saturated rings. The number of terminal acetylenes is 1. The zero-order valence-corrected chi connectivity index (χ0v) is 14.0. The van der Waals surface area contributed by atoms with Crippen LogP contribution in [-0.2, 0) is 17.6 Å². The lowest BCUT2D eigenvalue weighted by Crippen LogP contribution is -2.39. The molecule has 3 rings (SSSR count). The molecule has 1 unspecified atom stereocenters. The number of aryl methyl sites for hydroxylation is 1. The summed E-state index contributed by atoms with van der Waals surface area (Å²) in [4.78, 5) is 12.2. The molecule has 1 aromatic carbocycles. The molecule has 0 saturated heterocycles. The SMILES string of the molecule is C#CCCC1(CCC(=O)NC2CCc3cc(OC)ccc3C2)N=N1. The highest BCUT2D eigenvalue weighted by molar-refractivity contribution is 5.76. The van der Waals surface area contributed by atoms with E-state index in [1.54, 1.807) is 7.11 Å². The van der Waals surface area contributed by atoms with Gasteiger partial charge in [0.05, 0.1) is 7.11 Å². The average Bonchev–Trinajstić information content (AvgIpc) is 3.38. The van der Waals surface area contributed by atoms with Crippen LogP contribution in [-0.4, -0.2) is 24.7 Å². The van der Waals surface area contributed by atoms with Gasteiger partial charge in [-0.05, 0) is 42.5 Å². The minimum absolute atomic E-state index is 0.0781. The first-order valence-corrected chi connectivity index (χ1v) is 8.47. The van der Waals surface area contributed by atoms with E-state index in [2.05, 4.69) is 33.6 Å². The standard InChI is InChI=1S/C19H23N3O2/c1-3-4-10-19(21-22-19)11-9-18(23)20-16-7-5-15-13-17(24-2)8-6-14(15)12-16/h1,6,8,13,16H,4-5,7,9-12H2,2H3,(H,20,23). The lowest BCUT2D eigenvalue weighted by atomic mass is 9.88. The molecule has 0 bridgehead atoms. The Bertz CT molecular complexity index is 684. The van der Waals surface area contributed by atoms with E-state index in [4.69, 9.17) is 11.2 Å². The quantitative estimate of drug-likeness (QED) is 0.783. The van der Waals surface area contributed by atoms with Crippen LogP contribution in [0.15, 0.2) is 28.4 Å². The fraction of sp³-hybridized carbons (Fsp3) is 0.526. The second kappa shape index (κ2) is 7.04. The van der Waals surface area contributed by atoms with Gasteiger partial charge in [0, 0.05) is 31.7 Å². The Morgan fingerprint density at radius 1 is 1.42 bits per heavy atom. The van der Waals surface area contributed by atoms with Gasteiger partial charge in [0.25, 0.3) is 0 Å². The number of hydrogen-bond acceptors (Lipinski definition) is 4. The lowest BCUT2D eigenvalue weighted by molar-refractivity contribution is -0.122. The second-order valence-corrected chi connectivity index (χ2v) is 6.53. The van der Waals surface area contributed by atoms with Gasteiger partial charge in [-0.3, -0.25) is 4.79 Å². The van der Waals surface area contributed by atoms with E-state index < -0.39 is 0 Å². The number of methoxy groups -OCH3 is 1. The Labute approximate surface area is 142 Å². The molecule has 126 valence electrons. The molecule has 2 aliphatic rings. The predicted octanol–water partition coefficient (Wildman–Crippen LogP) is 3.02. The molecule has 1 aliphatic carbocycles. The van der Waals surface area contributed by atoms with Gasteiger partial charge in [-0.1, -0.05) is 6.07 Å². The van der Waals surface area contributed by atoms with E-state index >= 15 is 0 Å². The van der Waals surface area contributed by atoms with E-state index in [0.29, 0.717) is 19.3 Å². The largest absolute Gasteiger partial charge is 0.497 e. The first-order valence-electron chi connectivity index (χ1n) is 8.47. The van der Waals surface area contributed by atoms with E-state index in [9.17, 15) is 4.79 Å². The van der Waals surface area contributed by atoms with Gasteiger partial charge < -0.3 is 10.1 Å². The summed E-state index contributed by atoms with van der Waals surface area (Å²) in [5.74, 6) is 3.58. The number of nitrogens with one attached hydrogen (secondary N) is 1. The van der Waals surface area contributed by atoms with Crippen LogP contribution < -0.4 is 10.1 Å². The topological polar surface area (TPSA) is 63.0 Å². The fourth-order valence-electron chi connectivity index (χ4n) is 3.26. The van der Waals surface area contributed by atoms with Crippen LogP contribution >= 0.6 is 0 Å². The molecule has 5 heteroatoms. The monoisotopic (exact) mass is 325 g/mol. The lowest BCUT2D eigenvalue weighted by Gasteiger charge is -2.26. The molecule has 0 radical (unpaired) electrons. The maximum Gasteiger partial charge on any atom is 0.220 e. The van der Waals surface area contributed by atoms with Gasteiger partial charge in [0.2, 0.25) is 5.91 Å². The smallest absolute Gasteiger partial charge is 0.220 e. The Morgan fingerprint density at radius 3 is 2.96 bits per heavy atom. The van der Waals surface area contributed by atoms with E-state index in [1.165, 1.54) is 11.1 Å². The zero-order valence-electron chi connectivity index (χ0n) is 14.0. The van der Waals surface area contributed by atoms with Crippen molar-refractivity contribution in [3.05, 3.63) is 29.3 Å². The molecule has 0 saturated carbocycles. The number of ether oxygens (including phenoxy) is 1. The number of nitrogens with zero attached hydrogens (tertiary/aromatic N) is 2. The van der Waals surface area contributed by atoms with E-state index in [0.717, 1.165) is 31.4 Å². The summed E-state index contributed by atoms with van der Waals surface area (Å²) in [5.41, 5.74) is 2.24. The van der Waals surface area contributed by atoms with Crippen LogP contribution in [0.3, 0.4) is 0 Å². The van der Waals surface area contributed by atoms with Crippen molar-refractivity contribution in [3.8, 4) is 18.1 Å². The Morgan fingerprint density at radius 2 is 2.25 bits per heavy atom. The third-order valence-corrected chi connectivity index (χ3v) is 4.81. The zero-order chi connectivity index (χ0) is 17.0. The first-order chi connectivity index (χ1) is 11.6. The van der Waals surface area contributed by atoms with Crippen LogP contribution in [0.2, 0.25) is 0 Å². The van der Waals surface area contributed by atoms with Crippen LogP contribution in [0.5, 0.6) is 5.75 Å². The fourth-order valence-corrected chi connectivity index (χ4v) is 3.26. The van der Waals surface area contributed by atoms with Crippen molar-refractivity contribution in [2.45, 2.75) is 56.7 Å². The van der Waals surface area contributed by atoms with Gasteiger partial charge in [-0.15, -0.1) is 12.3 Å². The molecule has 1 atom stereocenters. The van der Waals surface area contributed by atoms with Crippen molar-refractivity contribution in [2.75, 3.05) is 7.11 Å². The summed E-state index contributed by atoms with van der Waals surface area (Å²) in [5, 5.41) is 11.3. The molecular weight excluding hydrogens is 302 g/mol. The summed E-state index contributed by atoms with van der Waals surface area (Å²) in [6, 6.07) is 6.38. The number of hydrogen-bond donors (Lipinski definition) is 1. The molecule has 1 aliphatic heterocycles. The number of benzene rings is 1. The highest BCUT2D eigenvalue weighted by atomic mass is 16.5. The molecule has 1 amide bonds. The number of rotatable bonds is 7. The van der Waals surface area contributed by atoms with Gasteiger partial charge in [0.15, 0.2) is 5.66 Å². The summed E-state index contributed by atoms with van der Waals surface area (Å²) >= 11 is 0. The average molecular weight is 325 g/mol. The minimum atomic E-state index is -0.376. The van der Waals surface area contributed by atoms with Crippen molar-refractivity contribution in [3.63, 3.8) is 0 Å². The van der Waals surface area contributed by atoms with Gasteiger partial charge in [0.1, 0.15) is 5.75 Å². The minimum Gasteiger partial charge on any atom is -0.497 e.